The van der Waals surface area contributed by atoms with E-state index in [-0.39, 0.29) is 31.1 Å². The van der Waals surface area contributed by atoms with Gasteiger partial charge in [-0.15, -0.1) is 12.4 Å². The van der Waals surface area contributed by atoms with E-state index >= 15 is 0 Å². The van der Waals surface area contributed by atoms with Gasteiger partial charge in [0.2, 0.25) is 0 Å². The Kier molecular flexibility index (Phi) is 9.97. The summed E-state index contributed by atoms with van der Waals surface area (Å²) in [5, 5.41) is 3.37. The lowest BCUT2D eigenvalue weighted by atomic mass is 9.93. The second-order valence-electron chi connectivity index (χ2n) is 7.89. The Labute approximate surface area is 188 Å². The Bertz CT molecular complexity index is 827. The van der Waals surface area contributed by atoms with Crippen molar-refractivity contribution in [2.24, 2.45) is 0 Å². The zero-order chi connectivity index (χ0) is 21.5. The molecule has 0 bridgehead atoms. The van der Waals surface area contributed by atoms with Crippen molar-refractivity contribution in [2.75, 3.05) is 7.11 Å². The van der Waals surface area contributed by atoms with Gasteiger partial charge in [0.1, 0.15) is 17.6 Å². The third-order valence-corrected chi connectivity index (χ3v) is 5.61. The Hall–Kier alpha value is -1.92. The molecule has 1 aliphatic rings. The molecule has 3 nitrogen and oxygen atoms in total. The summed E-state index contributed by atoms with van der Waals surface area (Å²) < 4.78 is 51.9. The number of unbranched alkanes of at least 4 members (excludes halogenated alkanes) is 4. The van der Waals surface area contributed by atoms with Gasteiger partial charge in [-0.3, -0.25) is 0 Å². The van der Waals surface area contributed by atoms with Gasteiger partial charge < -0.3 is 14.8 Å². The van der Waals surface area contributed by atoms with Gasteiger partial charge in [0, 0.05) is 30.6 Å². The molecular weight excluding hydrogens is 427 g/mol. The van der Waals surface area contributed by atoms with E-state index in [0.717, 1.165) is 48.5 Å². The molecule has 0 radical (unpaired) electrons. The zero-order valence-electron chi connectivity index (χ0n) is 18.1. The Morgan fingerprint density at radius 2 is 1.74 bits per heavy atom. The van der Waals surface area contributed by atoms with Gasteiger partial charge in [-0.1, -0.05) is 38.7 Å². The first-order valence-corrected chi connectivity index (χ1v) is 10.7. The SMILES string of the molecule is CCCCCCCC1CC(NCc2cc(F)c(F)c(F)c2)c2ccc(OC)cc2O1.Cl. The minimum Gasteiger partial charge on any atom is -0.497 e. The second-order valence-corrected chi connectivity index (χ2v) is 7.89. The standard InChI is InChI=1S/C24H30F3NO2.ClH/c1-3-4-5-6-7-8-18-13-22(19-10-9-17(29-2)14-23(19)30-18)28-15-16-11-20(25)24(27)21(26)12-16;/h9-12,14,18,22,28H,3-8,13,15H2,1-2H3;1H. The number of fused-ring (bicyclic) bond motifs is 1. The van der Waals surface area contributed by atoms with E-state index < -0.39 is 17.5 Å². The van der Waals surface area contributed by atoms with Crippen LogP contribution in [0.5, 0.6) is 11.5 Å². The van der Waals surface area contributed by atoms with Gasteiger partial charge in [0.25, 0.3) is 0 Å². The maximum Gasteiger partial charge on any atom is 0.194 e. The summed E-state index contributed by atoms with van der Waals surface area (Å²) in [6.07, 6.45) is 7.76. The molecule has 1 heterocycles. The molecule has 1 aliphatic heterocycles. The predicted molar refractivity (Wildman–Crippen MR) is 119 cm³/mol. The largest absolute Gasteiger partial charge is 0.497 e. The van der Waals surface area contributed by atoms with Crippen LogP contribution in [0.3, 0.4) is 0 Å². The topological polar surface area (TPSA) is 30.5 Å². The molecule has 2 aromatic carbocycles. The van der Waals surface area contributed by atoms with Gasteiger partial charge in [0.15, 0.2) is 17.5 Å². The van der Waals surface area contributed by atoms with E-state index in [9.17, 15) is 13.2 Å². The van der Waals surface area contributed by atoms with Gasteiger partial charge in [0.05, 0.1) is 7.11 Å². The number of methoxy groups -OCH3 is 1. The van der Waals surface area contributed by atoms with Crippen molar-refractivity contribution in [1.82, 2.24) is 5.32 Å². The summed E-state index contributed by atoms with van der Waals surface area (Å²) >= 11 is 0. The van der Waals surface area contributed by atoms with Crippen LogP contribution in [0, 0.1) is 17.5 Å². The summed E-state index contributed by atoms with van der Waals surface area (Å²) in [5.41, 5.74) is 1.35. The molecule has 2 aromatic rings. The average molecular weight is 458 g/mol. The van der Waals surface area contributed by atoms with Gasteiger partial charge in [-0.2, -0.15) is 0 Å². The van der Waals surface area contributed by atoms with Crippen molar-refractivity contribution < 1.29 is 22.6 Å². The van der Waals surface area contributed by atoms with Crippen molar-refractivity contribution >= 4 is 12.4 Å². The fourth-order valence-electron chi connectivity index (χ4n) is 3.95. The molecule has 0 aliphatic carbocycles. The number of nitrogens with one attached hydrogen (secondary N) is 1. The van der Waals surface area contributed by atoms with Crippen LogP contribution in [0.15, 0.2) is 30.3 Å². The van der Waals surface area contributed by atoms with Gasteiger partial charge >= 0.3 is 0 Å². The first kappa shape index (κ1) is 25.3. The molecule has 0 aromatic heterocycles. The third-order valence-electron chi connectivity index (χ3n) is 5.61. The fourth-order valence-corrected chi connectivity index (χ4v) is 3.95. The molecule has 0 fully saturated rings. The van der Waals surface area contributed by atoms with Crippen molar-refractivity contribution in [1.29, 1.82) is 0 Å². The molecule has 0 spiro atoms. The molecule has 0 amide bonds. The maximum atomic E-state index is 13.5. The lowest BCUT2D eigenvalue weighted by Gasteiger charge is -2.33. The quantitative estimate of drug-likeness (QED) is 0.311. The Balaban J connectivity index is 0.00000341. The van der Waals surface area contributed by atoms with Crippen LogP contribution in [0.25, 0.3) is 0 Å². The maximum absolute atomic E-state index is 13.5. The highest BCUT2D eigenvalue weighted by atomic mass is 35.5. The molecule has 172 valence electrons. The van der Waals surface area contributed by atoms with Crippen molar-refractivity contribution in [3.63, 3.8) is 0 Å². The smallest absolute Gasteiger partial charge is 0.194 e. The van der Waals surface area contributed by atoms with Crippen molar-refractivity contribution in [3.05, 3.63) is 58.9 Å². The van der Waals surface area contributed by atoms with E-state index in [1.165, 1.54) is 25.7 Å². The van der Waals surface area contributed by atoms with Crippen molar-refractivity contribution in [2.45, 2.75) is 70.6 Å². The molecule has 0 saturated carbocycles. The minimum atomic E-state index is -1.44. The summed E-state index contributed by atoms with van der Waals surface area (Å²) in [5.74, 6) is -2.29. The van der Waals surface area contributed by atoms with Crippen LogP contribution < -0.4 is 14.8 Å². The van der Waals surface area contributed by atoms with E-state index in [4.69, 9.17) is 9.47 Å². The molecule has 1 N–H and O–H groups in total. The van der Waals surface area contributed by atoms with Gasteiger partial charge in [-0.25, -0.2) is 13.2 Å². The highest BCUT2D eigenvalue weighted by Crippen LogP contribution is 2.38. The number of hydrogen-bond donors (Lipinski definition) is 1. The predicted octanol–water partition coefficient (Wildman–Crippen LogP) is 6.88. The zero-order valence-corrected chi connectivity index (χ0v) is 18.9. The molecule has 3 rings (SSSR count). The third kappa shape index (κ3) is 6.78. The summed E-state index contributed by atoms with van der Waals surface area (Å²) in [6, 6.07) is 7.74. The van der Waals surface area contributed by atoms with Crippen LogP contribution >= 0.6 is 12.4 Å². The number of rotatable bonds is 10. The highest BCUT2D eigenvalue weighted by molar-refractivity contribution is 5.85. The summed E-state index contributed by atoms with van der Waals surface area (Å²) in [4.78, 5) is 0. The molecule has 0 saturated heterocycles. The minimum absolute atomic E-state index is 0. The normalized spacial score (nSPS) is 17.5. The molecular formula is C24H31ClF3NO2. The Morgan fingerprint density at radius 1 is 1.03 bits per heavy atom. The average Bonchev–Trinajstić information content (AvgIpc) is 2.75. The summed E-state index contributed by atoms with van der Waals surface area (Å²) in [6.45, 7) is 2.43. The monoisotopic (exact) mass is 457 g/mol. The Morgan fingerprint density at radius 3 is 2.42 bits per heavy atom. The number of hydrogen-bond acceptors (Lipinski definition) is 3. The summed E-state index contributed by atoms with van der Waals surface area (Å²) in [7, 11) is 1.61. The lowest BCUT2D eigenvalue weighted by Crippen LogP contribution is -2.33. The van der Waals surface area contributed by atoms with Crippen LogP contribution in [-0.2, 0) is 6.54 Å². The molecule has 31 heavy (non-hydrogen) atoms. The van der Waals surface area contributed by atoms with Crippen LogP contribution in [0.2, 0.25) is 0 Å². The number of ether oxygens (including phenoxy) is 2. The van der Waals surface area contributed by atoms with E-state index in [2.05, 4.69) is 12.2 Å². The first-order valence-electron chi connectivity index (χ1n) is 10.7. The number of benzene rings is 2. The molecule has 2 atom stereocenters. The highest BCUT2D eigenvalue weighted by Gasteiger charge is 2.28. The number of halogens is 4. The van der Waals surface area contributed by atoms with E-state index in [1.807, 2.05) is 18.2 Å². The van der Waals surface area contributed by atoms with E-state index in [1.54, 1.807) is 7.11 Å². The lowest BCUT2D eigenvalue weighted by molar-refractivity contribution is 0.137. The van der Waals surface area contributed by atoms with Crippen LogP contribution in [-0.4, -0.2) is 13.2 Å². The first-order chi connectivity index (χ1) is 14.5. The molecule has 2 unspecified atom stereocenters. The van der Waals surface area contributed by atoms with Crippen LogP contribution in [0.4, 0.5) is 13.2 Å². The van der Waals surface area contributed by atoms with Crippen LogP contribution in [0.1, 0.15) is 69.0 Å². The van der Waals surface area contributed by atoms with Crippen molar-refractivity contribution in [3.8, 4) is 11.5 Å². The van der Waals surface area contributed by atoms with E-state index in [0.29, 0.717) is 5.56 Å². The fraction of sp³-hybridized carbons (Fsp3) is 0.500. The second kappa shape index (κ2) is 12.2. The molecule has 7 heteroatoms. The van der Waals surface area contributed by atoms with Gasteiger partial charge in [-0.05, 0) is 36.6 Å².